The molecule has 43 heavy (non-hydrogen) atoms. The van der Waals surface area contributed by atoms with E-state index < -0.39 is 0 Å². The SMILES string of the molecule is Cc1cc(-c2ccccc2)cc2c1nc(C)n2Cc1ccc2c(c1)COc1ccccc1/C2=C\C(=O)Nc1ccccc1. The van der Waals surface area contributed by atoms with E-state index in [4.69, 9.17) is 9.72 Å². The summed E-state index contributed by atoms with van der Waals surface area (Å²) in [6.45, 7) is 5.29. The number of nitrogens with one attached hydrogen (secondary N) is 1. The molecule has 0 atom stereocenters. The molecule has 210 valence electrons. The highest BCUT2D eigenvalue weighted by Gasteiger charge is 2.21. The summed E-state index contributed by atoms with van der Waals surface area (Å²) in [6.07, 6.45) is 1.68. The Balaban J connectivity index is 1.26. The van der Waals surface area contributed by atoms with Gasteiger partial charge in [-0.1, -0.05) is 78.9 Å². The number of fused-ring (bicyclic) bond motifs is 3. The van der Waals surface area contributed by atoms with Crippen LogP contribution < -0.4 is 10.1 Å². The van der Waals surface area contributed by atoms with Gasteiger partial charge in [-0.3, -0.25) is 4.79 Å². The second-order valence-corrected chi connectivity index (χ2v) is 11.0. The number of nitrogens with zero attached hydrogens (tertiary/aromatic N) is 2. The Labute approximate surface area is 251 Å². The van der Waals surface area contributed by atoms with E-state index in [1.165, 1.54) is 11.1 Å². The van der Waals surface area contributed by atoms with Gasteiger partial charge in [0.05, 0.1) is 11.0 Å². The van der Waals surface area contributed by atoms with Crippen LogP contribution in [0, 0.1) is 13.8 Å². The maximum Gasteiger partial charge on any atom is 0.249 e. The molecule has 5 aromatic carbocycles. The summed E-state index contributed by atoms with van der Waals surface area (Å²) in [7, 11) is 0. The van der Waals surface area contributed by atoms with E-state index >= 15 is 0 Å². The molecule has 0 spiro atoms. The van der Waals surface area contributed by atoms with Crippen molar-refractivity contribution in [1.29, 1.82) is 0 Å². The highest BCUT2D eigenvalue weighted by molar-refractivity contribution is 6.07. The summed E-state index contributed by atoms with van der Waals surface area (Å²) in [4.78, 5) is 18.1. The van der Waals surface area contributed by atoms with Crippen LogP contribution in [0.4, 0.5) is 5.69 Å². The lowest BCUT2D eigenvalue weighted by atomic mass is 9.92. The van der Waals surface area contributed by atoms with E-state index in [0.717, 1.165) is 61.7 Å². The lowest BCUT2D eigenvalue weighted by Crippen LogP contribution is -2.09. The van der Waals surface area contributed by atoms with E-state index in [0.29, 0.717) is 13.2 Å². The van der Waals surface area contributed by atoms with Crippen molar-refractivity contribution >= 4 is 28.2 Å². The van der Waals surface area contributed by atoms with Crippen LogP contribution in [-0.2, 0) is 17.9 Å². The van der Waals surface area contributed by atoms with Gasteiger partial charge in [0.1, 0.15) is 18.2 Å². The quantitative estimate of drug-likeness (QED) is 0.215. The normalized spacial score (nSPS) is 13.2. The molecule has 1 N–H and O–H groups in total. The molecule has 1 aromatic heterocycles. The van der Waals surface area contributed by atoms with Crippen molar-refractivity contribution in [3.8, 4) is 16.9 Å². The number of para-hydroxylation sites is 2. The van der Waals surface area contributed by atoms with Crippen molar-refractivity contribution in [3.05, 3.63) is 155 Å². The number of aryl methyl sites for hydroxylation is 2. The van der Waals surface area contributed by atoms with E-state index in [-0.39, 0.29) is 5.91 Å². The Kier molecular flexibility index (Phi) is 6.84. The zero-order valence-corrected chi connectivity index (χ0v) is 24.2. The van der Waals surface area contributed by atoms with E-state index in [1.54, 1.807) is 6.08 Å². The van der Waals surface area contributed by atoms with Crippen LogP contribution in [0.1, 0.15) is 33.6 Å². The third-order valence-corrected chi connectivity index (χ3v) is 8.02. The standard InChI is InChI=1S/C38H31N3O2/c1-25-19-29(28-11-5-3-6-12-28)21-35-38(25)39-26(2)41(35)23-27-17-18-32-30(20-27)24-43-36-16-10-9-15-33(36)34(32)22-37(42)40-31-13-7-4-8-14-31/h3-22H,23-24H2,1-2H3,(H,40,42)/b34-22-. The molecule has 1 amide bonds. The first-order valence-corrected chi connectivity index (χ1v) is 14.5. The van der Waals surface area contributed by atoms with Gasteiger partial charge in [-0.2, -0.15) is 0 Å². The Hall–Kier alpha value is -5.42. The summed E-state index contributed by atoms with van der Waals surface area (Å²) >= 11 is 0. The number of rotatable bonds is 5. The first-order chi connectivity index (χ1) is 21.0. The predicted molar refractivity (Wildman–Crippen MR) is 173 cm³/mol. The van der Waals surface area contributed by atoms with Gasteiger partial charge in [-0.05, 0) is 89.2 Å². The Morgan fingerprint density at radius 3 is 2.40 bits per heavy atom. The molecule has 7 rings (SSSR count). The van der Waals surface area contributed by atoms with Crippen molar-refractivity contribution in [3.63, 3.8) is 0 Å². The van der Waals surface area contributed by atoms with Gasteiger partial charge in [0.15, 0.2) is 0 Å². The molecule has 5 nitrogen and oxygen atoms in total. The van der Waals surface area contributed by atoms with Crippen LogP contribution in [0.5, 0.6) is 5.75 Å². The molecule has 1 aliphatic heterocycles. The number of hydrogen-bond acceptors (Lipinski definition) is 3. The van der Waals surface area contributed by atoms with Gasteiger partial charge in [0, 0.05) is 23.9 Å². The molecule has 0 aliphatic carbocycles. The van der Waals surface area contributed by atoms with Crippen LogP contribution in [0.2, 0.25) is 0 Å². The number of aromatic nitrogens is 2. The van der Waals surface area contributed by atoms with Gasteiger partial charge >= 0.3 is 0 Å². The summed E-state index contributed by atoms with van der Waals surface area (Å²) in [5.41, 5.74) is 11.4. The Morgan fingerprint density at radius 2 is 1.58 bits per heavy atom. The number of imidazole rings is 1. The van der Waals surface area contributed by atoms with Crippen molar-refractivity contribution < 1.29 is 9.53 Å². The average molecular weight is 562 g/mol. The highest BCUT2D eigenvalue weighted by Crippen LogP contribution is 2.37. The van der Waals surface area contributed by atoms with E-state index in [9.17, 15) is 4.79 Å². The molecule has 2 heterocycles. The zero-order valence-electron chi connectivity index (χ0n) is 24.2. The second-order valence-electron chi connectivity index (χ2n) is 11.0. The summed E-state index contributed by atoms with van der Waals surface area (Å²) in [5, 5.41) is 2.99. The number of anilines is 1. The van der Waals surface area contributed by atoms with Gasteiger partial charge < -0.3 is 14.6 Å². The summed E-state index contributed by atoms with van der Waals surface area (Å²) in [5.74, 6) is 1.55. The highest BCUT2D eigenvalue weighted by atomic mass is 16.5. The minimum Gasteiger partial charge on any atom is -0.488 e. The smallest absolute Gasteiger partial charge is 0.249 e. The fraction of sp³-hybridized carbons (Fsp3) is 0.105. The van der Waals surface area contributed by atoms with E-state index in [2.05, 4.69) is 78.3 Å². The van der Waals surface area contributed by atoms with Crippen LogP contribution in [0.15, 0.2) is 121 Å². The summed E-state index contributed by atoms with van der Waals surface area (Å²) in [6, 6.07) is 38.8. The molecular weight excluding hydrogens is 530 g/mol. The van der Waals surface area contributed by atoms with Gasteiger partial charge in [-0.15, -0.1) is 0 Å². The third kappa shape index (κ3) is 5.22. The maximum atomic E-state index is 13.2. The molecule has 0 bridgehead atoms. The minimum absolute atomic E-state index is 0.182. The van der Waals surface area contributed by atoms with Crippen LogP contribution in [0.3, 0.4) is 0 Å². The molecule has 0 unspecified atom stereocenters. The maximum absolute atomic E-state index is 13.2. The topological polar surface area (TPSA) is 56.2 Å². The number of benzene rings is 5. The number of ether oxygens (including phenoxy) is 1. The van der Waals surface area contributed by atoms with Gasteiger partial charge in [0.25, 0.3) is 0 Å². The summed E-state index contributed by atoms with van der Waals surface area (Å²) < 4.78 is 8.56. The Bertz CT molecular complexity index is 2010. The fourth-order valence-corrected chi connectivity index (χ4v) is 5.92. The molecule has 0 fully saturated rings. The van der Waals surface area contributed by atoms with Crippen molar-refractivity contribution in [1.82, 2.24) is 9.55 Å². The molecule has 6 aromatic rings. The molecule has 0 radical (unpaired) electrons. The largest absolute Gasteiger partial charge is 0.488 e. The monoisotopic (exact) mass is 561 g/mol. The third-order valence-electron chi connectivity index (χ3n) is 8.02. The van der Waals surface area contributed by atoms with Crippen molar-refractivity contribution in [2.24, 2.45) is 0 Å². The lowest BCUT2D eigenvalue weighted by Gasteiger charge is -2.14. The zero-order chi connectivity index (χ0) is 29.3. The first-order valence-electron chi connectivity index (χ1n) is 14.5. The van der Waals surface area contributed by atoms with Crippen LogP contribution >= 0.6 is 0 Å². The average Bonchev–Trinajstić information content (AvgIpc) is 3.26. The number of amides is 1. The van der Waals surface area contributed by atoms with E-state index in [1.807, 2.05) is 60.7 Å². The van der Waals surface area contributed by atoms with Crippen molar-refractivity contribution in [2.45, 2.75) is 27.0 Å². The van der Waals surface area contributed by atoms with Crippen molar-refractivity contribution in [2.75, 3.05) is 5.32 Å². The number of carbonyl (C=O) groups is 1. The predicted octanol–water partition coefficient (Wildman–Crippen LogP) is 8.33. The molecule has 5 heteroatoms. The molecule has 1 aliphatic rings. The number of carbonyl (C=O) groups excluding carboxylic acids is 1. The number of hydrogen-bond donors (Lipinski definition) is 1. The van der Waals surface area contributed by atoms with Gasteiger partial charge in [-0.25, -0.2) is 4.98 Å². The first kappa shape index (κ1) is 26.5. The van der Waals surface area contributed by atoms with Crippen LogP contribution in [0.25, 0.3) is 27.7 Å². The fourth-order valence-electron chi connectivity index (χ4n) is 5.92. The lowest BCUT2D eigenvalue weighted by molar-refractivity contribution is -0.111. The molecular formula is C38H31N3O2. The molecule has 0 saturated carbocycles. The Morgan fingerprint density at radius 1 is 0.837 bits per heavy atom. The minimum atomic E-state index is -0.182. The van der Waals surface area contributed by atoms with Gasteiger partial charge in [0.2, 0.25) is 5.91 Å². The second kappa shape index (κ2) is 11.1. The molecule has 0 saturated heterocycles. The van der Waals surface area contributed by atoms with Crippen LogP contribution in [-0.4, -0.2) is 15.5 Å².